The summed E-state index contributed by atoms with van der Waals surface area (Å²) in [6, 6.07) is 4.82. The topological polar surface area (TPSA) is 123 Å². The Balaban J connectivity index is 1.96. The van der Waals surface area contributed by atoms with E-state index in [4.69, 9.17) is 19.9 Å². The van der Waals surface area contributed by atoms with Crippen LogP contribution in [0.25, 0.3) is 5.69 Å². The SMILES string of the molecule is CCOC(=O)COc1ncccc1Oc1cc(-n2nc(C)n(C(F)F)c2=O)c(F)cc1N. The van der Waals surface area contributed by atoms with Crippen molar-refractivity contribution in [3.05, 3.63) is 52.6 Å². The number of benzene rings is 1. The molecule has 0 aliphatic heterocycles. The number of esters is 1. The number of pyridine rings is 1. The molecule has 2 heterocycles. The molecular formula is C19H18F3N5O5. The Labute approximate surface area is 178 Å². The molecule has 13 heteroatoms. The Kier molecular flexibility index (Phi) is 6.66. The van der Waals surface area contributed by atoms with Crippen molar-refractivity contribution in [3.8, 4) is 23.1 Å². The number of halogens is 3. The van der Waals surface area contributed by atoms with Crippen molar-refractivity contribution in [3.63, 3.8) is 0 Å². The van der Waals surface area contributed by atoms with Crippen LogP contribution in [0.2, 0.25) is 0 Å². The summed E-state index contributed by atoms with van der Waals surface area (Å²) in [7, 11) is 0. The van der Waals surface area contributed by atoms with Gasteiger partial charge in [0.2, 0.25) is 0 Å². The van der Waals surface area contributed by atoms with Crippen LogP contribution in [0.3, 0.4) is 0 Å². The maximum atomic E-state index is 14.5. The highest BCUT2D eigenvalue weighted by molar-refractivity contribution is 5.71. The molecule has 0 atom stereocenters. The van der Waals surface area contributed by atoms with E-state index in [-0.39, 0.29) is 40.1 Å². The van der Waals surface area contributed by atoms with Crippen LogP contribution >= 0.6 is 0 Å². The minimum atomic E-state index is -3.15. The van der Waals surface area contributed by atoms with E-state index in [0.717, 1.165) is 12.1 Å². The molecule has 0 aliphatic rings. The average Bonchev–Trinajstić information content (AvgIpc) is 3.03. The summed E-state index contributed by atoms with van der Waals surface area (Å²) in [5.74, 6) is -2.13. The van der Waals surface area contributed by atoms with Gasteiger partial charge in [-0.25, -0.2) is 23.5 Å². The fourth-order valence-electron chi connectivity index (χ4n) is 2.68. The molecule has 1 aromatic carbocycles. The van der Waals surface area contributed by atoms with Crippen LogP contribution in [0, 0.1) is 12.7 Å². The minimum absolute atomic E-state index is 0.0164. The summed E-state index contributed by atoms with van der Waals surface area (Å²) in [6.45, 7) is -0.606. The number of alkyl halides is 2. The zero-order valence-electron chi connectivity index (χ0n) is 16.9. The highest BCUT2D eigenvalue weighted by Crippen LogP contribution is 2.35. The van der Waals surface area contributed by atoms with E-state index in [9.17, 15) is 22.8 Å². The Morgan fingerprint density at radius 3 is 2.69 bits per heavy atom. The molecule has 0 amide bonds. The molecule has 0 fully saturated rings. The van der Waals surface area contributed by atoms with Crippen LogP contribution < -0.4 is 20.9 Å². The predicted molar refractivity (Wildman–Crippen MR) is 105 cm³/mol. The van der Waals surface area contributed by atoms with Crippen molar-refractivity contribution in [2.75, 3.05) is 18.9 Å². The maximum Gasteiger partial charge on any atom is 0.355 e. The van der Waals surface area contributed by atoms with Gasteiger partial charge in [0, 0.05) is 18.3 Å². The lowest BCUT2D eigenvalue weighted by Crippen LogP contribution is -2.25. The molecule has 3 aromatic rings. The number of carbonyl (C=O) groups is 1. The van der Waals surface area contributed by atoms with Gasteiger partial charge in [-0.3, -0.25) is 0 Å². The third kappa shape index (κ3) is 4.66. The average molecular weight is 453 g/mol. The largest absolute Gasteiger partial charge is 0.463 e. The zero-order chi connectivity index (χ0) is 23.4. The van der Waals surface area contributed by atoms with Crippen molar-refractivity contribution in [2.24, 2.45) is 0 Å². The lowest BCUT2D eigenvalue weighted by molar-refractivity contribution is -0.145. The van der Waals surface area contributed by atoms with Gasteiger partial charge in [-0.2, -0.15) is 13.5 Å². The van der Waals surface area contributed by atoms with Gasteiger partial charge >= 0.3 is 18.2 Å². The smallest absolute Gasteiger partial charge is 0.355 e. The molecule has 2 aromatic heterocycles. The van der Waals surface area contributed by atoms with E-state index in [1.54, 1.807) is 6.92 Å². The van der Waals surface area contributed by atoms with Crippen molar-refractivity contribution in [1.29, 1.82) is 0 Å². The highest BCUT2D eigenvalue weighted by atomic mass is 19.3. The van der Waals surface area contributed by atoms with Crippen LogP contribution in [0.4, 0.5) is 18.9 Å². The van der Waals surface area contributed by atoms with Gasteiger partial charge in [0.25, 0.3) is 5.88 Å². The lowest BCUT2D eigenvalue weighted by Gasteiger charge is -2.13. The second kappa shape index (κ2) is 9.41. The third-order valence-corrected chi connectivity index (χ3v) is 4.07. The van der Waals surface area contributed by atoms with E-state index < -0.39 is 36.3 Å². The molecule has 32 heavy (non-hydrogen) atoms. The molecule has 0 saturated carbocycles. The zero-order valence-corrected chi connectivity index (χ0v) is 16.9. The van der Waals surface area contributed by atoms with Crippen molar-refractivity contribution in [2.45, 2.75) is 20.4 Å². The Morgan fingerprint density at radius 2 is 2.03 bits per heavy atom. The van der Waals surface area contributed by atoms with Gasteiger partial charge in [0.05, 0.1) is 12.3 Å². The monoisotopic (exact) mass is 453 g/mol. The van der Waals surface area contributed by atoms with E-state index in [1.807, 2.05) is 0 Å². The first-order valence-electron chi connectivity index (χ1n) is 9.19. The van der Waals surface area contributed by atoms with E-state index in [1.165, 1.54) is 25.3 Å². The first-order valence-corrected chi connectivity index (χ1v) is 9.19. The number of nitrogen functional groups attached to an aromatic ring is 1. The Bertz CT molecular complexity index is 1190. The minimum Gasteiger partial charge on any atom is -0.463 e. The van der Waals surface area contributed by atoms with Crippen LogP contribution in [0.15, 0.2) is 35.3 Å². The fraction of sp³-hybridized carbons (Fsp3) is 0.263. The molecule has 0 unspecified atom stereocenters. The number of rotatable bonds is 8. The van der Waals surface area contributed by atoms with Crippen molar-refractivity contribution < 1.29 is 32.2 Å². The number of nitrogens with two attached hydrogens (primary N) is 1. The predicted octanol–water partition coefficient (Wildman–Crippen LogP) is 2.59. The summed E-state index contributed by atoms with van der Waals surface area (Å²) >= 11 is 0. The summed E-state index contributed by atoms with van der Waals surface area (Å²) in [6.07, 6.45) is 1.38. The Morgan fingerprint density at radius 1 is 1.28 bits per heavy atom. The summed E-state index contributed by atoms with van der Waals surface area (Å²) in [5.41, 5.74) is 3.95. The van der Waals surface area contributed by atoms with Gasteiger partial charge in [-0.15, -0.1) is 5.10 Å². The molecule has 0 saturated heterocycles. The standard InChI is InChI=1S/C19H18F3N5O5/c1-3-30-16(28)9-31-17-14(5-4-6-24-17)32-15-8-13(11(20)7-12(15)23)27-19(29)26(18(21)22)10(2)25-27/h4-8,18H,3,9,23H2,1-2H3. The second-order valence-corrected chi connectivity index (χ2v) is 6.23. The summed E-state index contributed by atoms with van der Waals surface area (Å²) < 4.78 is 57.0. The van der Waals surface area contributed by atoms with Crippen LogP contribution in [-0.2, 0) is 9.53 Å². The number of ether oxygens (including phenoxy) is 3. The number of hydrogen-bond acceptors (Lipinski definition) is 8. The molecule has 0 bridgehead atoms. The van der Waals surface area contributed by atoms with Gasteiger partial charge in [-0.1, -0.05) is 0 Å². The first-order chi connectivity index (χ1) is 15.2. The lowest BCUT2D eigenvalue weighted by atomic mass is 10.2. The van der Waals surface area contributed by atoms with E-state index in [0.29, 0.717) is 4.68 Å². The van der Waals surface area contributed by atoms with Crippen LogP contribution in [0.1, 0.15) is 19.3 Å². The number of anilines is 1. The normalized spacial score (nSPS) is 10.9. The molecule has 0 radical (unpaired) electrons. The van der Waals surface area contributed by atoms with Gasteiger partial charge in [-0.05, 0) is 26.0 Å². The number of aryl methyl sites for hydroxylation is 1. The molecule has 3 rings (SSSR count). The molecular weight excluding hydrogens is 435 g/mol. The summed E-state index contributed by atoms with van der Waals surface area (Å²) in [4.78, 5) is 27.7. The second-order valence-electron chi connectivity index (χ2n) is 6.23. The summed E-state index contributed by atoms with van der Waals surface area (Å²) in [5, 5.41) is 3.69. The molecule has 0 spiro atoms. The van der Waals surface area contributed by atoms with Gasteiger partial charge < -0.3 is 19.9 Å². The maximum absolute atomic E-state index is 14.5. The Hall–Kier alpha value is -4.03. The molecule has 0 aliphatic carbocycles. The van der Waals surface area contributed by atoms with E-state index in [2.05, 4.69) is 10.1 Å². The number of hydrogen-bond donors (Lipinski definition) is 1. The molecule has 10 nitrogen and oxygen atoms in total. The van der Waals surface area contributed by atoms with Crippen LogP contribution in [-0.4, -0.2) is 38.5 Å². The molecule has 170 valence electrons. The highest BCUT2D eigenvalue weighted by Gasteiger charge is 2.22. The van der Waals surface area contributed by atoms with Gasteiger partial charge in [0.1, 0.15) is 11.5 Å². The first kappa shape index (κ1) is 22.7. The number of carbonyl (C=O) groups excluding carboxylic acids is 1. The van der Waals surface area contributed by atoms with Gasteiger partial charge in [0.15, 0.2) is 23.9 Å². The third-order valence-electron chi connectivity index (χ3n) is 4.07. The number of aromatic nitrogens is 4. The van der Waals surface area contributed by atoms with Crippen molar-refractivity contribution >= 4 is 11.7 Å². The fourth-order valence-corrected chi connectivity index (χ4v) is 2.68. The number of nitrogens with zero attached hydrogens (tertiary/aromatic N) is 4. The van der Waals surface area contributed by atoms with E-state index >= 15 is 0 Å². The quantitative estimate of drug-likeness (QED) is 0.408. The van der Waals surface area contributed by atoms with Crippen molar-refractivity contribution in [1.82, 2.24) is 19.3 Å². The van der Waals surface area contributed by atoms with Crippen LogP contribution in [0.5, 0.6) is 17.4 Å². The molecule has 2 N–H and O–H groups in total.